The maximum absolute atomic E-state index is 5.15. The minimum Gasteiger partial charge on any atom is -0.383 e. The van der Waals surface area contributed by atoms with Gasteiger partial charge < -0.3 is 10.1 Å². The molecule has 0 spiro atoms. The zero-order valence-corrected chi connectivity index (χ0v) is 10.5. The second kappa shape index (κ2) is 7.20. The molecule has 1 fully saturated rings. The standard InChI is InChI=1S/C12H26N2O/c1-4-13-11(2)7-8-14(9-10-15-3)12-5-6-12/h11-13H,4-10H2,1-3H3. The van der Waals surface area contributed by atoms with Crippen molar-refractivity contribution in [2.45, 2.75) is 45.2 Å². The van der Waals surface area contributed by atoms with Crippen molar-refractivity contribution >= 4 is 0 Å². The molecule has 0 aromatic carbocycles. The molecule has 1 aliphatic carbocycles. The molecule has 0 bridgehead atoms. The molecule has 1 atom stereocenters. The second-order valence-corrected chi connectivity index (χ2v) is 4.51. The maximum atomic E-state index is 5.15. The third-order valence-corrected chi connectivity index (χ3v) is 3.05. The lowest BCUT2D eigenvalue weighted by Gasteiger charge is -2.23. The van der Waals surface area contributed by atoms with E-state index in [0.29, 0.717) is 6.04 Å². The van der Waals surface area contributed by atoms with Crippen molar-refractivity contribution in [3.63, 3.8) is 0 Å². The predicted molar refractivity (Wildman–Crippen MR) is 64.2 cm³/mol. The van der Waals surface area contributed by atoms with Gasteiger partial charge >= 0.3 is 0 Å². The molecule has 0 heterocycles. The maximum Gasteiger partial charge on any atom is 0.0589 e. The Morgan fingerprint density at radius 1 is 1.40 bits per heavy atom. The van der Waals surface area contributed by atoms with Crippen LogP contribution in [-0.2, 0) is 4.74 Å². The van der Waals surface area contributed by atoms with Crippen LogP contribution in [0.2, 0.25) is 0 Å². The summed E-state index contributed by atoms with van der Waals surface area (Å²) in [4.78, 5) is 2.58. The Hall–Kier alpha value is -0.120. The fourth-order valence-electron chi connectivity index (χ4n) is 1.94. The Morgan fingerprint density at radius 2 is 2.13 bits per heavy atom. The molecule has 0 amide bonds. The van der Waals surface area contributed by atoms with Crippen molar-refractivity contribution in [3.05, 3.63) is 0 Å². The number of methoxy groups -OCH3 is 1. The molecule has 0 radical (unpaired) electrons. The first kappa shape index (κ1) is 12.9. The number of hydrogen-bond donors (Lipinski definition) is 1. The normalized spacial score (nSPS) is 18.4. The van der Waals surface area contributed by atoms with E-state index in [4.69, 9.17) is 4.74 Å². The molecule has 0 aliphatic heterocycles. The van der Waals surface area contributed by atoms with E-state index >= 15 is 0 Å². The second-order valence-electron chi connectivity index (χ2n) is 4.51. The van der Waals surface area contributed by atoms with Gasteiger partial charge in [0.05, 0.1) is 6.61 Å². The van der Waals surface area contributed by atoms with E-state index < -0.39 is 0 Å². The van der Waals surface area contributed by atoms with Crippen molar-refractivity contribution in [1.29, 1.82) is 0 Å². The largest absolute Gasteiger partial charge is 0.383 e. The highest BCUT2D eigenvalue weighted by Gasteiger charge is 2.28. The molecule has 0 aromatic heterocycles. The number of ether oxygens (including phenoxy) is 1. The molecular formula is C12H26N2O. The average Bonchev–Trinajstić information content (AvgIpc) is 3.02. The third kappa shape index (κ3) is 5.50. The molecule has 1 rings (SSSR count). The molecular weight excluding hydrogens is 188 g/mol. The first-order valence-corrected chi connectivity index (χ1v) is 6.24. The highest BCUT2D eigenvalue weighted by atomic mass is 16.5. The molecule has 1 N–H and O–H groups in total. The van der Waals surface area contributed by atoms with Crippen LogP contribution in [0.25, 0.3) is 0 Å². The van der Waals surface area contributed by atoms with Crippen LogP contribution in [0.15, 0.2) is 0 Å². The van der Waals surface area contributed by atoms with Crippen molar-refractivity contribution in [1.82, 2.24) is 10.2 Å². The summed E-state index contributed by atoms with van der Waals surface area (Å²) in [7, 11) is 1.78. The van der Waals surface area contributed by atoms with Crippen LogP contribution < -0.4 is 5.32 Å². The Balaban J connectivity index is 2.13. The highest BCUT2D eigenvalue weighted by molar-refractivity contribution is 4.84. The molecule has 1 saturated carbocycles. The minimum atomic E-state index is 0.638. The van der Waals surface area contributed by atoms with Gasteiger partial charge in [-0.15, -0.1) is 0 Å². The molecule has 0 saturated heterocycles. The molecule has 1 unspecified atom stereocenters. The van der Waals surface area contributed by atoms with E-state index in [0.717, 1.165) is 25.7 Å². The van der Waals surface area contributed by atoms with E-state index in [1.54, 1.807) is 7.11 Å². The van der Waals surface area contributed by atoms with Crippen molar-refractivity contribution < 1.29 is 4.74 Å². The fourth-order valence-corrected chi connectivity index (χ4v) is 1.94. The van der Waals surface area contributed by atoms with Gasteiger partial charge in [-0.1, -0.05) is 6.92 Å². The first-order valence-electron chi connectivity index (χ1n) is 6.24. The van der Waals surface area contributed by atoms with E-state index in [1.165, 1.54) is 25.8 Å². The Bertz CT molecular complexity index is 160. The quantitative estimate of drug-likeness (QED) is 0.629. The van der Waals surface area contributed by atoms with Gasteiger partial charge in [-0.3, -0.25) is 4.90 Å². The topological polar surface area (TPSA) is 24.5 Å². The summed E-state index contributed by atoms with van der Waals surface area (Å²) in [5.41, 5.74) is 0. The van der Waals surface area contributed by atoms with Gasteiger partial charge in [-0.2, -0.15) is 0 Å². The zero-order chi connectivity index (χ0) is 11.1. The summed E-state index contributed by atoms with van der Waals surface area (Å²) in [6.07, 6.45) is 4.02. The van der Waals surface area contributed by atoms with Crippen molar-refractivity contribution in [3.8, 4) is 0 Å². The fraction of sp³-hybridized carbons (Fsp3) is 1.00. The van der Waals surface area contributed by atoms with E-state index in [2.05, 4.69) is 24.1 Å². The van der Waals surface area contributed by atoms with E-state index in [1.807, 2.05) is 0 Å². The average molecular weight is 214 g/mol. The van der Waals surface area contributed by atoms with Gasteiger partial charge in [-0.25, -0.2) is 0 Å². The zero-order valence-electron chi connectivity index (χ0n) is 10.5. The number of hydrogen-bond acceptors (Lipinski definition) is 3. The van der Waals surface area contributed by atoms with Crippen molar-refractivity contribution in [2.75, 3.05) is 33.4 Å². The Labute approximate surface area is 94.2 Å². The van der Waals surface area contributed by atoms with Gasteiger partial charge in [-0.05, 0) is 39.3 Å². The van der Waals surface area contributed by atoms with Crippen LogP contribution in [-0.4, -0.2) is 50.3 Å². The van der Waals surface area contributed by atoms with Gasteiger partial charge in [0, 0.05) is 25.7 Å². The molecule has 15 heavy (non-hydrogen) atoms. The van der Waals surface area contributed by atoms with Gasteiger partial charge in [0.25, 0.3) is 0 Å². The monoisotopic (exact) mass is 214 g/mol. The lowest BCUT2D eigenvalue weighted by atomic mass is 10.2. The first-order chi connectivity index (χ1) is 7.27. The van der Waals surface area contributed by atoms with Gasteiger partial charge in [0.1, 0.15) is 0 Å². The Kier molecular flexibility index (Phi) is 6.22. The van der Waals surface area contributed by atoms with E-state index in [-0.39, 0.29) is 0 Å². The van der Waals surface area contributed by atoms with Gasteiger partial charge in [0.15, 0.2) is 0 Å². The summed E-state index contributed by atoms with van der Waals surface area (Å²) in [5, 5.41) is 3.46. The molecule has 0 aromatic rings. The molecule has 90 valence electrons. The summed E-state index contributed by atoms with van der Waals surface area (Å²) in [6, 6.07) is 1.49. The van der Waals surface area contributed by atoms with Crippen molar-refractivity contribution in [2.24, 2.45) is 0 Å². The summed E-state index contributed by atoms with van der Waals surface area (Å²) in [5.74, 6) is 0. The molecule has 1 aliphatic rings. The van der Waals surface area contributed by atoms with Crippen LogP contribution >= 0.6 is 0 Å². The van der Waals surface area contributed by atoms with Gasteiger partial charge in [0.2, 0.25) is 0 Å². The predicted octanol–water partition coefficient (Wildman–Crippen LogP) is 1.49. The summed E-state index contributed by atoms with van der Waals surface area (Å²) >= 11 is 0. The lowest BCUT2D eigenvalue weighted by molar-refractivity contribution is 0.140. The van der Waals surface area contributed by atoms with Crippen LogP contribution in [0.5, 0.6) is 0 Å². The SMILES string of the molecule is CCNC(C)CCN(CCOC)C1CC1. The summed E-state index contributed by atoms with van der Waals surface area (Å²) < 4.78 is 5.15. The lowest BCUT2D eigenvalue weighted by Crippen LogP contribution is -2.35. The Morgan fingerprint density at radius 3 is 2.67 bits per heavy atom. The molecule has 3 heteroatoms. The number of nitrogens with zero attached hydrogens (tertiary/aromatic N) is 1. The summed E-state index contributed by atoms with van der Waals surface area (Å²) in [6.45, 7) is 8.68. The number of rotatable bonds is 9. The smallest absolute Gasteiger partial charge is 0.0589 e. The number of nitrogens with one attached hydrogen (secondary N) is 1. The third-order valence-electron chi connectivity index (χ3n) is 3.05. The van der Waals surface area contributed by atoms with E-state index in [9.17, 15) is 0 Å². The minimum absolute atomic E-state index is 0.638. The van der Waals surface area contributed by atoms with Crippen LogP contribution in [0.4, 0.5) is 0 Å². The molecule has 3 nitrogen and oxygen atoms in total. The highest BCUT2D eigenvalue weighted by Crippen LogP contribution is 2.26. The van der Waals surface area contributed by atoms with Crippen LogP contribution in [0.3, 0.4) is 0 Å². The van der Waals surface area contributed by atoms with Crippen LogP contribution in [0, 0.1) is 0 Å². The van der Waals surface area contributed by atoms with Crippen LogP contribution in [0.1, 0.15) is 33.1 Å².